The number of para-hydroxylation sites is 4. The van der Waals surface area contributed by atoms with Crippen molar-refractivity contribution in [3.05, 3.63) is 134 Å². The van der Waals surface area contributed by atoms with Crippen LogP contribution in [0.3, 0.4) is 0 Å². The summed E-state index contributed by atoms with van der Waals surface area (Å²) >= 11 is 0. The van der Waals surface area contributed by atoms with Gasteiger partial charge >= 0.3 is 0 Å². The Morgan fingerprint density at radius 3 is 0.667 bits per heavy atom. The van der Waals surface area contributed by atoms with Crippen LogP contribution in [0.2, 0.25) is 0 Å². The van der Waals surface area contributed by atoms with Crippen molar-refractivity contribution in [3.8, 4) is 72.4 Å². The van der Waals surface area contributed by atoms with E-state index in [0.29, 0.717) is 26.4 Å². The SMILES string of the molecule is C#CCOc1ccccc1.C#CCOc1ccccc1.C#CCOc1ccccc1.C#CCOc1ccccc1.C=C. The van der Waals surface area contributed by atoms with Gasteiger partial charge in [-0.25, -0.2) is 0 Å². The summed E-state index contributed by atoms with van der Waals surface area (Å²) < 4.78 is 20.5. The molecule has 212 valence electrons. The molecule has 0 spiro atoms. The zero-order valence-corrected chi connectivity index (χ0v) is 23.7. The highest BCUT2D eigenvalue weighted by Crippen LogP contribution is 2.09. The summed E-state index contributed by atoms with van der Waals surface area (Å²) in [5.41, 5.74) is 0. The number of hydrogen-bond acceptors (Lipinski definition) is 4. The number of benzene rings is 4. The molecule has 0 saturated heterocycles. The fourth-order valence-electron chi connectivity index (χ4n) is 2.57. The predicted octanol–water partition coefficient (Wildman–Crippen LogP) is 7.60. The molecule has 0 saturated carbocycles. The largest absolute Gasteiger partial charge is 0.481 e. The molecule has 0 bridgehead atoms. The summed E-state index contributed by atoms with van der Waals surface area (Å²) in [7, 11) is 0. The summed E-state index contributed by atoms with van der Waals surface area (Å²) in [4.78, 5) is 0. The Morgan fingerprint density at radius 1 is 0.357 bits per heavy atom. The quantitative estimate of drug-likeness (QED) is 0.165. The predicted molar refractivity (Wildman–Crippen MR) is 174 cm³/mol. The fourth-order valence-corrected chi connectivity index (χ4v) is 2.57. The van der Waals surface area contributed by atoms with Crippen LogP contribution >= 0.6 is 0 Å². The lowest BCUT2D eigenvalue weighted by atomic mass is 10.3. The second-order valence-corrected chi connectivity index (χ2v) is 7.22. The molecule has 4 aromatic rings. The van der Waals surface area contributed by atoms with E-state index in [1.165, 1.54) is 0 Å². The first kappa shape index (κ1) is 36.1. The lowest BCUT2D eigenvalue weighted by molar-refractivity contribution is 0.370. The van der Waals surface area contributed by atoms with Crippen LogP contribution in [0.4, 0.5) is 0 Å². The average molecular weight is 557 g/mol. The van der Waals surface area contributed by atoms with Gasteiger partial charge in [0.25, 0.3) is 0 Å². The Kier molecular flexibility index (Phi) is 24.1. The zero-order chi connectivity index (χ0) is 30.9. The Bertz CT molecular complexity index is 1110. The highest BCUT2D eigenvalue weighted by Gasteiger charge is 1.87. The lowest BCUT2D eigenvalue weighted by Gasteiger charge is -1.98. The zero-order valence-electron chi connectivity index (χ0n) is 23.7. The van der Waals surface area contributed by atoms with Crippen LogP contribution in [-0.4, -0.2) is 26.4 Å². The van der Waals surface area contributed by atoms with E-state index in [1.807, 2.05) is 121 Å². The number of terminal acetylenes is 4. The van der Waals surface area contributed by atoms with E-state index in [1.54, 1.807) is 0 Å². The first-order chi connectivity index (χ1) is 20.7. The second kappa shape index (κ2) is 28.1. The van der Waals surface area contributed by atoms with Crippen LogP contribution in [0.5, 0.6) is 23.0 Å². The van der Waals surface area contributed by atoms with Gasteiger partial charge in [0.2, 0.25) is 0 Å². The van der Waals surface area contributed by atoms with Gasteiger partial charge in [0.05, 0.1) is 0 Å². The standard InChI is InChI=1S/4C9H8O.C2H4/c4*1-2-8-10-9-6-4-3-5-7-9;1-2/h4*1,3-7H,8H2;1-2H2. The molecule has 0 fully saturated rings. The van der Waals surface area contributed by atoms with Gasteiger partial charge < -0.3 is 18.9 Å². The number of ether oxygens (including phenoxy) is 4. The smallest absolute Gasteiger partial charge is 0.148 e. The van der Waals surface area contributed by atoms with E-state index in [-0.39, 0.29) is 0 Å². The van der Waals surface area contributed by atoms with Gasteiger partial charge in [0.1, 0.15) is 49.4 Å². The Labute approximate surface area is 251 Å². The normalized spacial score (nSPS) is 8.00. The maximum absolute atomic E-state index is 5.12. The van der Waals surface area contributed by atoms with E-state index < -0.39 is 0 Å². The monoisotopic (exact) mass is 556 g/mol. The average Bonchev–Trinajstić information content (AvgIpc) is 3.08. The van der Waals surface area contributed by atoms with Crippen LogP contribution < -0.4 is 18.9 Å². The highest BCUT2D eigenvalue weighted by molar-refractivity contribution is 5.23. The minimum absolute atomic E-state index is 0.337. The molecular weight excluding hydrogens is 520 g/mol. The van der Waals surface area contributed by atoms with Crippen LogP contribution in [0.25, 0.3) is 0 Å². The third kappa shape index (κ3) is 21.0. The first-order valence-electron chi connectivity index (χ1n) is 12.7. The summed E-state index contributed by atoms with van der Waals surface area (Å²) in [6.45, 7) is 7.35. The van der Waals surface area contributed by atoms with Gasteiger partial charge in [-0.15, -0.1) is 38.9 Å². The van der Waals surface area contributed by atoms with E-state index in [4.69, 9.17) is 44.6 Å². The molecule has 4 heteroatoms. The molecule has 0 amide bonds. The van der Waals surface area contributed by atoms with E-state index in [9.17, 15) is 0 Å². The fraction of sp³-hybridized carbons (Fsp3) is 0.105. The lowest BCUT2D eigenvalue weighted by Crippen LogP contribution is -1.91. The molecule has 0 aliphatic carbocycles. The summed E-state index contributed by atoms with van der Waals surface area (Å²) in [6, 6.07) is 38.0. The number of hydrogen-bond donors (Lipinski definition) is 0. The molecule has 0 heterocycles. The van der Waals surface area contributed by atoms with E-state index >= 15 is 0 Å². The molecule has 0 N–H and O–H groups in total. The van der Waals surface area contributed by atoms with E-state index in [0.717, 1.165) is 23.0 Å². The molecule has 4 rings (SSSR count). The van der Waals surface area contributed by atoms with E-state index in [2.05, 4.69) is 36.8 Å². The van der Waals surface area contributed by atoms with Crippen molar-refractivity contribution in [2.75, 3.05) is 26.4 Å². The highest BCUT2D eigenvalue weighted by atomic mass is 16.5. The topological polar surface area (TPSA) is 36.9 Å². The third-order valence-electron chi connectivity index (χ3n) is 4.26. The van der Waals surface area contributed by atoms with Crippen molar-refractivity contribution >= 4 is 0 Å². The maximum atomic E-state index is 5.12. The van der Waals surface area contributed by atoms with Crippen molar-refractivity contribution in [2.45, 2.75) is 0 Å². The Balaban J connectivity index is 0.000000523. The second-order valence-electron chi connectivity index (χ2n) is 7.22. The van der Waals surface area contributed by atoms with Gasteiger partial charge in [0.15, 0.2) is 0 Å². The van der Waals surface area contributed by atoms with Crippen molar-refractivity contribution in [1.29, 1.82) is 0 Å². The molecule has 42 heavy (non-hydrogen) atoms. The van der Waals surface area contributed by atoms with Gasteiger partial charge in [-0.05, 0) is 48.5 Å². The molecule has 0 aliphatic rings. The van der Waals surface area contributed by atoms with Crippen LogP contribution in [0.1, 0.15) is 0 Å². The van der Waals surface area contributed by atoms with Crippen molar-refractivity contribution in [2.24, 2.45) is 0 Å². The molecule has 4 aromatic carbocycles. The molecular formula is C38H36O4. The molecule has 0 radical (unpaired) electrons. The Hall–Kier alpha value is -5.94. The molecule has 0 unspecified atom stereocenters. The Morgan fingerprint density at radius 2 is 0.524 bits per heavy atom. The van der Waals surface area contributed by atoms with Gasteiger partial charge in [0, 0.05) is 0 Å². The van der Waals surface area contributed by atoms with Gasteiger partial charge in [-0.2, -0.15) is 0 Å². The van der Waals surface area contributed by atoms with Crippen LogP contribution in [-0.2, 0) is 0 Å². The van der Waals surface area contributed by atoms with Crippen molar-refractivity contribution in [1.82, 2.24) is 0 Å². The van der Waals surface area contributed by atoms with Gasteiger partial charge in [-0.1, -0.05) is 96.5 Å². The summed E-state index contributed by atoms with van der Waals surface area (Å²) in [5, 5.41) is 0. The summed E-state index contributed by atoms with van der Waals surface area (Å²) in [6.07, 6.45) is 20.0. The minimum atomic E-state index is 0.337. The number of rotatable bonds is 8. The molecule has 0 atom stereocenters. The molecule has 4 nitrogen and oxygen atoms in total. The third-order valence-corrected chi connectivity index (χ3v) is 4.26. The molecule has 0 aromatic heterocycles. The molecule has 0 aliphatic heterocycles. The maximum Gasteiger partial charge on any atom is 0.148 e. The van der Waals surface area contributed by atoms with Gasteiger partial charge in [-0.3, -0.25) is 0 Å². The first-order valence-corrected chi connectivity index (χ1v) is 12.7. The van der Waals surface area contributed by atoms with Crippen molar-refractivity contribution in [3.63, 3.8) is 0 Å². The van der Waals surface area contributed by atoms with Crippen LogP contribution in [0.15, 0.2) is 134 Å². The van der Waals surface area contributed by atoms with Crippen LogP contribution in [0, 0.1) is 49.4 Å². The summed E-state index contributed by atoms with van der Waals surface area (Å²) in [5.74, 6) is 12.9. The van der Waals surface area contributed by atoms with Crippen molar-refractivity contribution < 1.29 is 18.9 Å². The minimum Gasteiger partial charge on any atom is -0.481 e.